The van der Waals surface area contributed by atoms with E-state index in [1.165, 1.54) is 0 Å². The summed E-state index contributed by atoms with van der Waals surface area (Å²) in [6, 6.07) is 9.11. The number of benzene rings is 1. The first-order valence-electron chi connectivity index (χ1n) is 5.01. The lowest BCUT2D eigenvalue weighted by Crippen LogP contribution is -2.45. The molecule has 1 aromatic rings. The molecule has 0 unspecified atom stereocenters. The molecule has 2 rings (SSSR count). The van der Waals surface area contributed by atoms with Crippen LogP contribution < -0.4 is 10.1 Å². The number of nitrogens with zero attached hydrogens (tertiary/aromatic N) is 2. The summed E-state index contributed by atoms with van der Waals surface area (Å²) in [6.45, 7) is 2.74. The first kappa shape index (κ1) is 9.98. The molecule has 1 heterocycles. The Morgan fingerprint density at radius 2 is 1.87 bits per heavy atom. The number of amides is 1. The monoisotopic (exact) mass is 205 g/mol. The van der Waals surface area contributed by atoms with Crippen molar-refractivity contribution in [1.29, 1.82) is 0 Å². The molecule has 0 aromatic heterocycles. The molecule has 0 N–H and O–H groups in total. The summed E-state index contributed by atoms with van der Waals surface area (Å²) in [5.74, 6) is 0.588. The lowest BCUT2D eigenvalue weighted by atomic mass is 10.3. The quantitative estimate of drug-likeness (QED) is 0.689. The Morgan fingerprint density at radius 3 is 2.53 bits per heavy atom. The average Bonchev–Trinajstić information content (AvgIpc) is 2.31. The normalized spacial score (nSPS) is 16.1. The lowest BCUT2D eigenvalue weighted by molar-refractivity contribution is 0.145. The van der Waals surface area contributed by atoms with Crippen LogP contribution in [0.3, 0.4) is 0 Å². The van der Waals surface area contributed by atoms with Gasteiger partial charge in [-0.15, -0.1) is 0 Å². The summed E-state index contributed by atoms with van der Waals surface area (Å²) < 4.78 is 5.20. The van der Waals surface area contributed by atoms with Crippen LogP contribution in [0.15, 0.2) is 30.3 Å². The predicted molar refractivity (Wildman–Crippen MR) is 55.9 cm³/mol. The highest BCUT2D eigenvalue weighted by Crippen LogP contribution is 2.10. The molecule has 1 saturated heterocycles. The summed E-state index contributed by atoms with van der Waals surface area (Å²) in [4.78, 5) is 13.3. The Bertz CT molecular complexity index is 321. The molecule has 1 aliphatic rings. The van der Waals surface area contributed by atoms with E-state index < -0.39 is 0 Å². The third-order valence-corrected chi connectivity index (χ3v) is 2.26. The smallest absolute Gasteiger partial charge is 0.410 e. The zero-order valence-electron chi connectivity index (χ0n) is 8.43. The molecule has 4 nitrogen and oxygen atoms in total. The van der Waals surface area contributed by atoms with Crippen molar-refractivity contribution in [3.8, 4) is 5.75 Å². The molecule has 1 amide bonds. The molecule has 0 bridgehead atoms. The van der Waals surface area contributed by atoms with E-state index in [4.69, 9.17) is 4.74 Å². The van der Waals surface area contributed by atoms with Crippen molar-refractivity contribution in [2.45, 2.75) is 0 Å². The van der Waals surface area contributed by atoms with Crippen LogP contribution in [0.5, 0.6) is 5.75 Å². The van der Waals surface area contributed by atoms with Crippen LogP contribution in [0.25, 0.3) is 0 Å². The maximum Gasteiger partial charge on any atom is 0.415 e. The number of ether oxygens (including phenoxy) is 1. The van der Waals surface area contributed by atoms with Crippen molar-refractivity contribution in [1.82, 2.24) is 10.2 Å². The van der Waals surface area contributed by atoms with Gasteiger partial charge in [0.15, 0.2) is 0 Å². The summed E-state index contributed by atoms with van der Waals surface area (Å²) in [7, 11) is 0. The van der Waals surface area contributed by atoms with Crippen LogP contribution in [0.1, 0.15) is 0 Å². The first-order valence-corrected chi connectivity index (χ1v) is 5.01. The fourth-order valence-corrected chi connectivity index (χ4v) is 1.44. The Balaban J connectivity index is 1.91. The van der Waals surface area contributed by atoms with E-state index in [1.54, 1.807) is 17.0 Å². The van der Waals surface area contributed by atoms with Gasteiger partial charge in [-0.25, -0.2) is 10.1 Å². The fraction of sp³-hybridized carbons (Fsp3) is 0.364. The van der Waals surface area contributed by atoms with Gasteiger partial charge in [0.25, 0.3) is 0 Å². The molecule has 1 fully saturated rings. The second-order valence-electron chi connectivity index (χ2n) is 3.34. The van der Waals surface area contributed by atoms with Gasteiger partial charge in [0.1, 0.15) is 5.75 Å². The maximum absolute atomic E-state index is 11.6. The second-order valence-corrected chi connectivity index (χ2v) is 3.34. The highest BCUT2D eigenvalue weighted by Gasteiger charge is 2.18. The van der Waals surface area contributed by atoms with Crippen LogP contribution >= 0.6 is 0 Å². The van der Waals surface area contributed by atoms with E-state index >= 15 is 0 Å². The summed E-state index contributed by atoms with van der Waals surface area (Å²) in [6.07, 6.45) is -0.281. The molecular weight excluding hydrogens is 192 g/mol. The molecule has 15 heavy (non-hydrogen) atoms. The lowest BCUT2D eigenvalue weighted by Gasteiger charge is -2.25. The van der Waals surface area contributed by atoms with E-state index in [2.05, 4.69) is 5.32 Å². The average molecular weight is 205 g/mol. The molecule has 0 atom stereocenters. The molecule has 1 aromatic carbocycles. The van der Waals surface area contributed by atoms with Gasteiger partial charge in [0, 0.05) is 26.2 Å². The highest BCUT2D eigenvalue weighted by atomic mass is 16.6. The number of para-hydroxylation sites is 1. The Morgan fingerprint density at radius 1 is 1.20 bits per heavy atom. The number of piperazine rings is 1. The number of carbonyl (C=O) groups excluding carboxylic acids is 1. The molecule has 1 radical (unpaired) electrons. The van der Waals surface area contributed by atoms with Crippen LogP contribution in [-0.4, -0.2) is 37.2 Å². The predicted octanol–water partition coefficient (Wildman–Crippen LogP) is 1.11. The summed E-state index contributed by atoms with van der Waals surface area (Å²) >= 11 is 0. The van der Waals surface area contributed by atoms with Gasteiger partial charge in [-0.05, 0) is 12.1 Å². The van der Waals surface area contributed by atoms with Crippen molar-refractivity contribution in [3.63, 3.8) is 0 Å². The first-order chi connectivity index (χ1) is 7.36. The highest BCUT2D eigenvalue weighted by molar-refractivity contribution is 5.70. The molecule has 0 aliphatic carbocycles. The number of hydrogen-bond acceptors (Lipinski definition) is 2. The van der Waals surface area contributed by atoms with E-state index in [0.29, 0.717) is 31.9 Å². The maximum atomic E-state index is 11.6. The minimum atomic E-state index is -0.281. The zero-order valence-corrected chi connectivity index (χ0v) is 8.43. The Hall–Kier alpha value is -1.55. The SMILES string of the molecule is O=C(Oc1ccccc1)N1CC[N]CC1. The van der Waals surface area contributed by atoms with Crippen LogP contribution in [0.2, 0.25) is 0 Å². The van der Waals surface area contributed by atoms with Crippen LogP contribution in [0.4, 0.5) is 4.79 Å². The molecule has 1 aliphatic heterocycles. The molecule has 0 spiro atoms. The van der Waals surface area contributed by atoms with Crippen molar-refractivity contribution in [2.24, 2.45) is 0 Å². The van der Waals surface area contributed by atoms with Gasteiger partial charge in [-0.3, -0.25) is 0 Å². The largest absolute Gasteiger partial charge is 0.415 e. The standard InChI is InChI=1S/C11H13N2O2/c14-11(13-8-6-12-7-9-13)15-10-4-2-1-3-5-10/h1-5H,6-9H2. The van der Waals surface area contributed by atoms with Crippen molar-refractivity contribution in [2.75, 3.05) is 26.2 Å². The Labute approximate surface area is 88.8 Å². The number of hydrogen-bond donors (Lipinski definition) is 0. The van der Waals surface area contributed by atoms with Crippen molar-refractivity contribution >= 4 is 6.09 Å². The van der Waals surface area contributed by atoms with Crippen LogP contribution in [0, 0.1) is 0 Å². The minimum Gasteiger partial charge on any atom is -0.410 e. The van der Waals surface area contributed by atoms with Crippen molar-refractivity contribution in [3.05, 3.63) is 30.3 Å². The van der Waals surface area contributed by atoms with Crippen molar-refractivity contribution < 1.29 is 9.53 Å². The summed E-state index contributed by atoms with van der Waals surface area (Å²) in [5.41, 5.74) is 0. The molecule has 0 saturated carbocycles. The van der Waals surface area contributed by atoms with Gasteiger partial charge >= 0.3 is 6.09 Å². The van der Waals surface area contributed by atoms with Gasteiger partial charge in [-0.2, -0.15) is 0 Å². The topological polar surface area (TPSA) is 43.6 Å². The van der Waals surface area contributed by atoms with E-state index in [9.17, 15) is 4.79 Å². The molecule has 4 heteroatoms. The van der Waals surface area contributed by atoms with Gasteiger partial charge < -0.3 is 9.64 Å². The van der Waals surface area contributed by atoms with Gasteiger partial charge in [0.2, 0.25) is 0 Å². The molecular formula is C11H13N2O2. The van der Waals surface area contributed by atoms with Gasteiger partial charge in [0.05, 0.1) is 0 Å². The summed E-state index contributed by atoms with van der Waals surface area (Å²) in [5, 5.41) is 4.17. The van der Waals surface area contributed by atoms with E-state index in [-0.39, 0.29) is 6.09 Å². The third kappa shape index (κ3) is 2.70. The van der Waals surface area contributed by atoms with E-state index in [1.807, 2.05) is 18.2 Å². The zero-order chi connectivity index (χ0) is 10.5. The van der Waals surface area contributed by atoms with E-state index in [0.717, 1.165) is 0 Å². The fourth-order valence-electron chi connectivity index (χ4n) is 1.44. The van der Waals surface area contributed by atoms with Gasteiger partial charge in [-0.1, -0.05) is 18.2 Å². The second kappa shape index (κ2) is 4.79. The van der Waals surface area contributed by atoms with Crippen LogP contribution in [-0.2, 0) is 0 Å². The number of carbonyl (C=O) groups is 1. The third-order valence-electron chi connectivity index (χ3n) is 2.26. The Kier molecular flexibility index (Phi) is 3.19. The number of rotatable bonds is 1. The molecule has 79 valence electrons. The minimum absolute atomic E-state index is 0.281.